The van der Waals surface area contributed by atoms with Gasteiger partial charge in [0.05, 0.1) is 6.54 Å². The van der Waals surface area contributed by atoms with Gasteiger partial charge < -0.3 is 9.64 Å². The monoisotopic (exact) mass is 373 g/mol. The molecule has 6 heteroatoms. The normalized spacial score (nSPS) is 15.4. The average Bonchev–Trinajstić information content (AvgIpc) is 3.14. The second-order valence-electron chi connectivity index (χ2n) is 7.06. The number of hydrogen-bond donors (Lipinski definition) is 0. The lowest BCUT2D eigenvalue weighted by atomic mass is 9.99. The summed E-state index contributed by atoms with van der Waals surface area (Å²) in [7, 11) is 2.07. The predicted octanol–water partition coefficient (Wildman–Crippen LogP) is 3.41. The van der Waals surface area contributed by atoms with Crippen LogP contribution in [0, 0.1) is 5.92 Å². The number of carbonyl (C=O) groups is 1. The number of amides is 1. The molecule has 2 aromatic rings. The van der Waals surface area contributed by atoms with Crippen LogP contribution in [0.25, 0.3) is 0 Å². The first-order valence-electron chi connectivity index (χ1n) is 9.17. The number of carbonyl (C=O) groups excluding carboxylic acids is 1. The minimum absolute atomic E-state index is 0.0860. The van der Waals surface area contributed by atoms with Crippen LogP contribution in [0.5, 0.6) is 5.75 Å². The summed E-state index contributed by atoms with van der Waals surface area (Å²) in [5.74, 6) is 1.59. The number of thiazole rings is 1. The van der Waals surface area contributed by atoms with E-state index in [2.05, 4.69) is 29.9 Å². The zero-order chi connectivity index (χ0) is 18.4. The summed E-state index contributed by atoms with van der Waals surface area (Å²) in [5.41, 5.74) is 1.09. The summed E-state index contributed by atoms with van der Waals surface area (Å²) in [6, 6.07) is 7.96. The Morgan fingerprint density at radius 1 is 1.31 bits per heavy atom. The van der Waals surface area contributed by atoms with E-state index in [1.807, 2.05) is 34.7 Å². The molecule has 1 aromatic heterocycles. The van der Waals surface area contributed by atoms with Gasteiger partial charge in [-0.1, -0.05) is 25.1 Å². The number of likely N-dealkylation sites (tertiary alicyclic amines) is 1. The summed E-state index contributed by atoms with van der Waals surface area (Å²) >= 11 is 1.66. The van der Waals surface area contributed by atoms with Crippen molar-refractivity contribution in [3.63, 3.8) is 0 Å². The van der Waals surface area contributed by atoms with E-state index in [1.165, 1.54) is 0 Å². The minimum Gasteiger partial charge on any atom is -0.483 e. The lowest BCUT2D eigenvalue weighted by Gasteiger charge is -2.30. The highest BCUT2D eigenvalue weighted by Crippen LogP contribution is 2.21. The van der Waals surface area contributed by atoms with Gasteiger partial charge in [-0.3, -0.25) is 9.69 Å². The molecule has 3 rings (SSSR count). The van der Waals surface area contributed by atoms with E-state index >= 15 is 0 Å². The van der Waals surface area contributed by atoms with Crippen molar-refractivity contribution in [1.29, 1.82) is 0 Å². The molecule has 1 aliphatic heterocycles. The van der Waals surface area contributed by atoms with Gasteiger partial charge >= 0.3 is 0 Å². The highest BCUT2D eigenvalue weighted by Gasteiger charge is 2.20. The Balaban J connectivity index is 1.54. The molecule has 0 spiro atoms. The fourth-order valence-corrected chi connectivity index (χ4v) is 3.87. The van der Waals surface area contributed by atoms with E-state index in [1.54, 1.807) is 11.3 Å². The third-order valence-corrected chi connectivity index (χ3v) is 5.55. The van der Waals surface area contributed by atoms with Crippen molar-refractivity contribution >= 4 is 17.2 Å². The molecule has 0 N–H and O–H groups in total. The Labute approximate surface area is 159 Å². The number of hydrogen-bond acceptors (Lipinski definition) is 5. The first-order valence-corrected chi connectivity index (χ1v) is 10.0. The summed E-state index contributed by atoms with van der Waals surface area (Å²) in [6.45, 7) is 5.61. The molecular formula is C20H27N3O2S. The van der Waals surface area contributed by atoms with Crippen LogP contribution in [-0.2, 0) is 17.9 Å². The summed E-state index contributed by atoms with van der Waals surface area (Å²) in [6.07, 6.45) is 4.01. The van der Waals surface area contributed by atoms with Gasteiger partial charge in [-0.25, -0.2) is 4.98 Å². The smallest absolute Gasteiger partial charge is 0.260 e. The molecule has 0 unspecified atom stereocenters. The summed E-state index contributed by atoms with van der Waals surface area (Å²) < 4.78 is 5.88. The first kappa shape index (κ1) is 18.9. The molecule has 5 nitrogen and oxygen atoms in total. The highest BCUT2D eigenvalue weighted by molar-refractivity contribution is 7.09. The number of nitrogens with zero attached hydrogens (tertiary/aromatic N) is 3. The predicted molar refractivity (Wildman–Crippen MR) is 104 cm³/mol. The number of benzene rings is 1. The fraction of sp³-hybridized carbons (Fsp3) is 0.500. The second-order valence-corrected chi connectivity index (χ2v) is 8.04. The van der Waals surface area contributed by atoms with Crippen LogP contribution in [0.4, 0.5) is 0 Å². The van der Waals surface area contributed by atoms with Crippen LogP contribution in [0.15, 0.2) is 35.8 Å². The van der Waals surface area contributed by atoms with Crippen LogP contribution in [0.1, 0.15) is 30.3 Å². The highest BCUT2D eigenvalue weighted by atomic mass is 32.1. The van der Waals surface area contributed by atoms with Crippen molar-refractivity contribution in [3.05, 3.63) is 46.4 Å². The third-order valence-electron chi connectivity index (χ3n) is 4.79. The molecular weight excluding hydrogens is 346 g/mol. The molecule has 0 aliphatic carbocycles. The lowest BCUT2D eigenvalue weighted by molar-refractivity contribution is -0.134. The van der Waals surface area contributed by atoms with E-state index in [-0.39, 0.29) is 12.5 Å². The molecule has 140 valence electrons. The van der Waals surface area contributed by atoms with Crippen molar-refractivity contribution in [1.82, 2.24) is 14.8 Å². The molecule has 1 saturated heterocycles. The zero-order valence-corrected chi connectivity index (χ0v) is 16.4. The third kappa shape index (κ3) is 5.29. The molecule has 1 amide bonds. The van der Waals surface area contributed by atoms with E-state index in [0.717, 1.165) is 55.3 Å². The second kappa shape index (κ2) is 9.14. The molecule has 0 atom stereocenters. The number of ether oxygens (including phenoxy) is 1. The van der Waals surface area contributed by atoms with Gasteiger partial charge in [0.2, 0.25) is 0 Å². The first-order chi connectivity index (χ1) is 12.6. The van der Waals surface area contributed by atoms with Gasteiger partial charge in [-0.05, 0) is 31.9 Å². The molecule has 2 heterocycles. The molecule has 0 radical (unpaired) electrons. The Hall–Kier alpha value is -1.92. The molecule has 26 heavy (non-hydrogen) atoms. The van der Waals surface area contributed by atoms with E-state index in [4.69, 9.17) is 4.74 Å². The van der Waals surface area contributed by atoms with E-state index in [9.17, 15) is 4.79 Å². The summed E-state index contributed by atoms with van der Waals surface area (Å²) in [5, 5.41) is 3.09. The number of aromatic nitrogens is 1. The number of rotatable bonds is 7. The van der Waals surface area contributed by atoms with Crippen LogP contribution in [-0.4, -0.2) is 47.4 Å². The van der Waals surface area contributed by atoms with Gasteiger partial charge in [-0.2, -0.15) is 0 Å². The minimum atomic E-state index is 0.0860. The van der Waals surface area contributed by atoms with Crippen LogP contribution in [0.3, 0.4) is 0 Å². The molecule has 1 fully saturated rings. The Morgan fingerprint density at radius 2 is 2.08 bits per heavy atom. The SMILES string of the molecule is CC1CCN(C(=O)COc2ccccc2CN(C)Cc2nccs2)CC1. The Morgan fingerprint density at radius 3 is 2.81 bits per heavy atom. The largest absolute Gasteiger partial charge is 0.483 e. The molecule has 1 aromatic carbocycles. The maximum Gasteiger partial charge on any atom is 0.260 e. The maximum absolute atomic E-state index is 12.4. The van der Waals surface area contributed by atoms with Crippen LogP contribution in [0.2, 0.25) is 0 Å². The maximum atomic E-state index is 12.4. The quantitative estimate of drug-likeness (QED) is 0.746. The van der Waals surface area contributed by atoms with E-state index < -0.39 is 0 Å². The van der Waals surface area contributed by atoms with Crippen molar-refractivity contribution in [3.8, 4) is 5.75 Å². The number of para-hydroxylation sites is 1. The van der Waals surface area contributed by atoms with Gasteiger partial charge in [-0.15, -0.1) is 11.3 Å². The lowest BCUT2D eigenvalue weighted by Crippen LogP contribution is -2.40. The van der Waals surface area contributed by atoms with Crippen LogP contribution < -0.4 is 4.74 Å². The van der Waals surface area contributed by atoms with Gasteiger partial charge in [0.25, 0.3) is 5.91 Å². The Bertz CT molecular complexity index is 697. The van der Waals surface area contributed by atoms with Gasteiger partial charge in [0.15, 0.2) is 6.61 Å². The fourth-order valence-electron chi connectivity index (χ4n) is 3.17. The van der Waals surface area contributed by atoms with Crippen molar-refractivity contribution in [2.24, 2.45) is 5.92 Å². The molecule has 0 saturated carbocycles. The van der Waals surface area contributed by atoms with E-state index in [0.29, 0.717) is 5.92 Å². The van der Waals surface area contributed by atoms with Crippen molar-refractivity contribution in [2.45, 2.75) is 32.9 Å². The topological polar surface area (TPSA) is 45.7 Å². The number of piperidine rings is 1. The zero-order valence-electron chi connectivity index (χ0n) is 15.6. The molecule has 0 bridgehead atoms. The average molecular weight is 374 g/mol. The standard InChI is InChI=1S/C20H27N3O2S/c1-16-7-10-23(11-8-16)20(24)15-25-18-6-4-3-5-17(18)13-22(2)14-19-21-9-12-26-19/h3-6,9,12,16H,7-8,10-11,13-15H2,1-2H3. The van der Waals surface area contributed by atoms with Crippen molar-refractivity contribution < 1.29 is 9.53 Å². The van der Waals surface area contributed by atoms with Crippen LogP contribution >= 0.6 is 11.3 Å². The molecule has 1 aliphatic rings. The van der Waals surface area contributed by atoms with Gasteiger partial charge in [0, 0.05) is 36.8 Å². The van der Waals surface area contributed by atoms with Gasteiger partial charge in [0.1, 0.15) is 10.8 Å². The van der Waals surface area contributed by atoms with Crippen molar-refractivity contribution in [2.75, 3.05) is 26.7 Å². The Kier molecular flexibility index (Phi) is 6.63. The summed E-state index contributed by atoms with van der Waals surface area (Å²) in [4.78, 5) is 20.9.